The van der Waals surface area contributed by atoms with Gasteiger partial charge in [-0.05, 0) is 36.1 Å². The van der Waals surface area contributed by atoms with Crippen molar-refractivity contribution in [2.75, 3.05) is 11.1 Å². The van der Waals surface area contributed by atoms with Crippen molar-refractivity contribution in [3.05, 3.63) is 59.7 Å². The molecule has 3 aromatic rings. The Bertz CT molecular complexity index is 1090. The molecule has 1 saturated carbocycles. The smallest absolute Gasteiger partial charge is 0.256 e. The van der Waals surface area contributed by atoms with Gasteiger partial charge in [-0.1, -0.05) is 29.4 Å². The van der Waals surface area contributed by atoms with Gasteiger partial charge in [0.15, 0.2) is 0 Å². The summed E-state index contributed by atoms with van der Waals surface area (Å²) in [5.41, 5.74) is 5.87. The number of nitrogens with one attached hydrogen (secondary N) is 1. The molecule has 156 valence electrons. The quantitative estimate of drug-likeness (QED) is 0.584. The summed E-state index contributed by atoms with van der Waals surface area (Å²) >= 11 is 0. The maximum absolute atomic E-state index is 13.9. The van der Waals surface area contributed by atoms with Crippen molar-refractivity contribution in [3.8, 4) is 11.1 Å². The number of nitrogen functional groups attached to an aromatic ring is 1. The lowest BCUT2D eigenvalue weighted by Gasteiger charge is -2.19. The van der Waals surface area contributed by atoms with E-state index in [2.05, 4.69) is 15.5 Å². The van der Waals surface area contributed by atoms with E-state index in [1.165, 1.54) is 18.2 Å². The molecule has 0 unspecified atom stereocenters. The zero-order valence-corrected chi connectivity index (χ0v) is 16.1. The van der Waals surface area contributed by atoms with Gasteiger partial charge in [-0.2, -0.15) is 4.39 Å². The molecule has 1 amide bonds. The molecule has 1 fully saturated rings. The van der Waals surface area contributed by atoms with Crippen LogP contribution in [0.5, 0.6) is 0 Å². The second-order valence-electron chi connectivity index (χ2n) is 7.54. The monoisotopic (exact) mass is 416 g/mol. The van der Waals surface area contributed by atoms with E-state index in [-0.39, 0.29) is 29.7 Å². The summed E-state index contributed by atoms with van der Waals surface area (Å²) in [5.74, 6) is -3.86. The van der Waals surface area contributed by atoms with Crippen LogP contribution in [0.2, 0.25) is 0 Å². The van der Waals surface area contributed by atoms with Crippen LogP contribution in [0, 0.1) is 5.95 Å². The molecule has 0 saturated heterocycles. The van der Waals surface area contributed by atoms with Crippen LogP contribution >= 0.6 is 0 Å². The average Bonchev–Trinajstić information content (AvgIpc) is 3.37. The number of hydrogen-bond donors (Lipinski definition) is 2. The first-order valence-corrected chi connectivity index (χ1v) is 9.34. The second-order valence-corrected chi connectivity index (χ2v) is 7.54. The summed E-state index contributed by atoms with van der Waals surface area (Å²) < 4.78 is 46.6. The van der Waals surface area contributed by atoms with Crippen molar-refractivity contribution in [1.29, 1.82) is 0 Å². The van der Waals surface area contributed by atoms with Crippen LogP contribution in [0.1, 0.15) is 31.0 Å². The summed E-state index contributed by atoms with van der Waals surface area (Å²) in [6.45, 7) is 0.864. The number of carbonyl (C=O) groups is 1. The van der Waals surface area contributed by atoms with E-state index < -0.39 is 17.3 Å². The maximum Gasteiger partial charge on any atom is 0.256 e. The molecule has 2 aromatic heterocycles. The third kappa shape index (κ3) is 3.74. The SMILES string of the molecule is CC(F)(F)C1(c2cc(NC(=O)Cc3ccc(-c4ccc(N)nc4F)cc3)on2)CC1. The largest absolute Gasteiger partial charge is 0.384 e. The number of carbonyl (C=O) groups excluding carboxylic acids is 1. The molecule has 2 heterocycles. The highest BCUT2D eigenvalue weighted by molar-refractivity contribution is 5.91. The number of rotatable bonds is 6. The molecular formula is C21H19F3N4O2. The van der Waals surface area contributed by atoms with Crippen LogP contribution in [0.3, 0.4) is 0 Å². The minimum atomic E-state index is -2.91. The van der Waals surface area contributed by atoms with Crippen LogP contribution in [0.4, 0.5) is 24.9 Å². The van der Waals surface area contributed by atoms with Crippen molar-refractivity contribution >= 4 is 17.6 Å². The highest BCUT2D eigenvalue weighted by Gasteiger charge is 2.62. The van der Waals surface area contributed by atoms with E-state index in [0.717, 1.165) is 6.92 Å². The number of nitrogens with two attached hydrogens (primary N) is 1. The molecule has 0 aliphatic heterocycles. The van der Waals surface area contributed by atoms with E-state index in [4.69, 9.17) is 10.3 Å². The molecule has 1 aromatic carbocycles. The van der Waals surface area contributed by atoms with E-state index in [1.54, 1.807) is 24.3 Å². The summed E-state index contributed by atoms with van der Waals surface area (Å²) in [4.78, 5) is 15.9. The van der Waals surface area contributed by atoms with E-state index in [9.17, 15) is 18.0 Å². The molecule has 1 aliphatic rings. The van der Waals surface area contributed by atoms with E-state index in [1.807, 2.05) is 0 Å². The fraction of sp³-hybridized carbons (Fsp3) is 0.286. The van der Waals surface area contributed by atoms with E-state index in [0.29, 0.717) is 29.5 Å². The zero-order chi connectivity index (χ0) is 21.5. The number of benzene rings is 1. The molecule has 0 radical (unpaired) electrons. The lowest BCUT2D eigenvalue weighted by atomic mass is 9.95. The van der Waals surface area contributed by atoms with Gasteiger partial charge in [-0.3, -0.25) is 10.1 Å². The molecule has 9 heteroatoms. The second kappa shape index (κ2) is 7.16. The number of amides is 1. The van der Waals surface area contributed by atoms with Gasteiger partial charge >= 0.3 is 0 Å². The van der Waals surface area contributed by atoms with Gasteiger partial charge < -0.3 is 10.3 Å². The Hall–Kier alpha value is -3.36. The molecule has 4 rings (SSSR count). The Morgan fingerprint density at radius 2 is 1.93 bits per heavy atom. The van der Waals surface area contributed by atoms with E-state index >= 15 is 0 Å². The Morgan fingerprint density at radius 1 is 1.23 bits per heavy atom. The first-order valence-electron chi connectivity index (χ1n) is 9.34. The van der Waals surface area contributed by atoms with Gasteiger partial charge in [0.05, 0.1) is 17.5 Å². The lowest BCUT2D eigenvalue weighted by molar-refractivity contribution is -0.115. The number of hydrogen-bond acceptors (Lipinski definition) is 5. The average molecular weight is 416 g/mol. The Balaban J connectivity index is 1.40. The van der Waals surface area contributed by atoms with Crippen LogP contribution in [0.25, 0.3) is 11.1 Å². The molecular weight excluding hydrogens is 397 g/mol. The third-order valence-corrected chi connectivity index (χ3v) is 5.35. The highest BCUT2D eigenvalue weighted by atomic mass is 19.3. The number of anilines is 2. The summed E-state index contributed by atoms with van der Waals surface area (Å²) in [6.07, 6.45) is 0.674. The van der Waals surface area contributed by atoms with Gasteiger partial charge in [-0.15, -0.1) is 0 Å². The molecule has 30 heavy (non-hydrogen) atoms. The van der Waals surface area contributed by atoms with Crippen molar-refractivity contribution in [3.63, 3.8) is 0 Å². The third-order valence-electron chi connectivity index (χ3n) is 5.35. The van der Waals surface area contributed by atoms with Crippen molar-refractivity contribution < 1.29 is 22.5 Å². The van der Waals surface area contributed by atoms with Crippen LogP contribution in [0.15, 0.2) is 47.0 Å². The maximum atomic E-state index is 13.9. The van der Waals surface area contributed by atoms with Gasteiger partial charge in [0, 0.05) is 18.6 Å². The highest BCUT2D eigenvalue weighted by Crippen LogP contribution is 2.57. The topological polar surface area (TPSA) is 94.0 Å². The predicted molar refractivity (Wildman–Crippen MR) is 104 cm³/mol. The first-order chi connectivity index (χ1) is 14.2. The lowest BCUT2D eigenvalue weighted by Crippen LogP contribution is -2.30. The molecule has 0 atom stereocenters. The first kappa shape index (κ1) is 19.9. The molecule has 0 bridgehead atoms. The standard InChI is InChI=1S/C21H19F3N4O2/c1-20(23,24)21(8-9-21)15-11-18(30-28-15)27-17(29)10-12-2-4-13(5-3-12)14-6-7-16(25)26-19(14)22/h2-7,11H,8-10H2,1H3,(H2,25,26)(H,27,29). The number of aromatic nitrogens is 2. The summed E-state index contributed by atoms with van der Waals surface area (Å²) in [7, 11) is 0. The number of pyridine rings is 1. The molecule has 6 nitrogen and oxygen atoms in total. The van der Waals surface area contributed by atoms with Crippen LogP contribution < -0.4 is 11.1 Å². The Morgan fingerprint density at radius 3 is 2.53 bits per heavy atom. The Kier molecular flexibility index (Phi) is 4.76. The summed E-state index contributed by atoms with van der Waals surface area (Å²) in [6, 6.07) is 11.1. The van der Waals surface area contributed by atoms with Crippen molar-refractivity contribution in [2.24, 2.45) is 0 Å². The minimum absolute atomic E-state index is 0.0217. The Labute approximate surface area is 170 Å². The van der Waals surface area contributed by atoms with Gasteiger partial charge in [0.1, 0.15) is 5.82 Å². The number of alkyl halides is 2. The number of nitrogens with zero attached hydrogens (tertiary/aromatic N) is 2. The van der Waals surface area contributed by atoms with Crippen molar-refractivity contribution in [2.45, 2.75) is 37.5 Å². The fourth-order valence-corrected chi connectivity index (χ4v) is 3.44. The zero-order valence-electron chi connectivity index (χ0n) is 16.1. The fourth-order valence-electron chi connectivity index (χ4n) is 3.44. The normalized spacial score (nSPS) is 15.1. The predicted octanol–water partition coefficient (Wildman–Crippen LogP) is 4.33. The molecule has 3 N–H and O–H groups in total. The van der Waals surface area contributed by atoms with Crippen LogP contribution in [-0.4, -0.2) is 22.0 Å². The van der Waals surface area contributed by atoms with Crippen molar-refractivity contribution in [1.82, 2.24) is 10.1 Å². The molecule has 0 spiro atoms. The minimum Gasteiger partial charge on any atom is -0.384 e. The van der Waals surface area contributed by atoms with Gasteiger partial charge in [0.2, 0.25) is 17.7 Å². The van der Waals surface area contributed by atoms with Gasteiger partial charge in [0.25, 0.3) is 5.92 Å². The molecule has 1 aliphatic carbocycles. The number of halogens is 3. The van der Waals surface area contributed by atoms with Crippen LogP contribution in [-0.2, 0) is 16.6 Å². The van der Waals surface area contributed by atoms with Gasteiger partial charge in [-0.25, -0.2) is 13.8 Å². The summed E-state index contributed by atoms with van der Waals surface area (Å²) in [5, 5.41) is 6.24.